The fraction of sp³-hybridized carbons (Fsp3) is 0.364. The Balaban J connectivity index is 1.19. The molecule has 1 aromatic carbocycles. The summed E-state index contributed by atoms with van der Waals surface area (Å²) >= 11 is 1.50. The van der Waals surface area contributed by atoms with Gasteiger partial charge in [0.25, 0.3) is 0 Å². The van der Waals surface area contributed by atoms with E-state index < -0.39 is 0 Å². The van der Waals surface area contributed by atoms with E-state index in [4.69, 9.17) is 4.74 Å². The Bertz CT molecular complexity index is 1030. The topological polar surface area (TPSA) is 75.6 Å². The normalized spacial score (nSPS) is 20.1. The lowest BCUT2D eigenvalue weighted by Crippen LogP contribution is -2.44. The molecular formula is C22H22N4O3S. The Morgan fingerprint density at radius 3 is 2.63 bits per heavy atom. The van der Waals surface area contributed by atoms with Crippen LogP contribution in [0.2, 0.25) is 0 Å². The van der Waals surface area contributed by atoms with Gasteiger partial charge in [0, 0.05) is 51.3 Å². The van der Waals surface area contributed by atoms with Gasteiger partial charge in [-0.25, -0.2) is 4.98 Å². The average Bonchev–Trinajstić information content (AvgIpc) is 3.38. The molecule has 154 valence electrons. The van der Waals surface area contributed by atoms with Crippen LogP contribution < -0.4 is 9.64 Å². The molecule has 2 fully saturated rings. The predicted molar refractivity (Wildman–Crippen MR) is 115 cm³/mol. The van der Waals surface area contributed by atoms with E-state index in [9.17, 15) is 9.59 Å². The number of hydrogen-bond acceptors (Lipinski definition) is 6. The number of para-hydroxylation sites is 1. The minimum Gasteiger partial charge on any atom is -0.490 e. The van der Waals surface area contributed by atoms with Crippen molar-refractivity contribution in [3.8, 4) is 5.75 Å². The molecule has 2 aromatic heterocycles. The first-order valence-corrected chi connectivity index (χ1v) is 11.0. The van der Waals surface area contributed by atoms with E-state index >= 15 is 0 Å². The number of rotatable bonds is 4. The smallest absolute Gasteiger partial charge is 0.229 e. The Kier molecular flexibility index (Phi) is 5.08. The van der Waals surface area contributed by atoms with E-state index in [1.165, 1.54) is 11.3 Å². The third-order valence-electron chi connectivity index (χ3n) is 5.69. The lowest BCUT2D eigenvalue weighted by Gasteiger charge is -2.33. The van der Waals surface area contributed by atoms with Crippen LogP contribution >= 0.6 is 11.3 Å². The third kappa shape index (κ3) is 3.75. The monoisotopic (exact) mass is 422 g/mol. The molecule has 30 heavy (non-hydrogen) atoms. The largest absolute Gasteiger partial charge is 0.490 e. The Hall–Kier alpha value is -3.00. The van der Waals surface area contributed by atoms with Crippen LogP contribution in [0.5, 0.6) is 5.75 Å². The fourth-order valence-electron chi connectivity index (χ4n) is 4.09. The highest BCUT2D eigenvalue weighted by Crippen LogP contribution is 2.33. The quantitative estimate of drug-likeness (QED) is 0.646. The maximum atomic E-state index is 13.0. The van der Waals surface area contributed by atoms with Gasteiger partial charge < -0.3 is 9.64 Å². The van der Waals surface area contributed by atoms with E-state index in [1.54, 1.807) is 17.3 Å². The van der Waals surface area contributed by atoms with E-state index in [0.717, 1.165) is 28.8 Å². The van der Waals surface area contributed by atoms with E-state index in [0.29, 0.717) is 24.8 Å². The zero-order valence-electron chi connectivity index (χ0n) is 16.4. The Labute approximate surface area is 178 Å². The molecule has 0 bridgehead atoms. The number of hydrogen-bond donors (Lipinski definition) is 0. The molecule has 0 radical (unpaired) electrons. The van der Waals surface area contributed by atoms with Crippen molar-refractivity contribution in [2.75, 3.05) is 24.5 Å². The second-order valence-corrected chi connectivity index (χ2v) is 8.70. The zero-order chi connectivity index (χ0) is 20.5. The highest BCUT2D eigenvalue weighted by Gasteiger charge is 2.39. The van der Waals surface area contributed by atoms with Gasteiger partial charge in [0.2, 0.25) is 11.8 Å². The summed E-state index contributed by atoms with van der Waals surface area (Å²) in [7, 11) is 0. The van der Waals surface area contributed by atoms with Crippen molar-refractivity contribution in [2.45, 2.75) is 25.4 Å². The number of amides is 2. The SMILES string of the molecule is O=C(C1CC(=O)N(c2nc3ccccc3s2)C1)N1CCC(Oc2ccncc2)CC1. The van der Waals surface area contributed by atoms with Gasteiger partial charge in [-0.3, -0.25) is 19.5 Å². The Morgan fingerprint density at radius 1 is 1.10 bits per heavy atom. The molecule has 0 aliphatic carbocycles. The zero-order valence-corrected chi connectivity index (χ0v) is 17.3. The molecule has 0 spiro atoms. The van der Waals surface area contributed by atoms with Crippen LogP contribution in [0.15, 0.2) is 48.8 Å². The van der Waals surface area contributed by atoms with Crippen LogP contribution in [0.25, 0.3) is 10.2 Å². The number of aromatic nitrogens is 2. The van der Waals surface area contributed by atoms with E-state index in [1.807, 2.05) is 41.3 Å². The van der Waals surface area contributed by atoms with E-state index in [2.05, 4.69) is 9.97 Å². The minimum absolute atomic E-state index is 0.0247. The van der Waals surface area contributed by atoms with Crippen molar-refractivity contribution < 1.29 is 14.3 Å². The summed E-state index contributed by atoms with van der Waals surface area (Å²) in [5.41, 5.74) is 0.886. The maximum Gasteiger partial charge on any atom is 0.229 e. The molecule has 0 N–H and O–H groups in total. The number of pyridine rings is 1. The highest BCUT2D eigenvalue weighted by molar-refractivity contribution is 7.22. The number of benzene rings is 1. The molecule has 1 atom stereocenters. The van der Waals surface area contributed by atoms with Gasteiger partial charge in [-0.05, 0) is 24.3 Å². The van der Waals surface area contributed by atoms with Gasteiger partial charge in [-0.2, -0.15) is 0 Å². The van der Waals surface area contributed by atoms with Crippen LogP contribution in [-0.4, -0.2) is 52.4 Å². The van der Waals surface area contributed by atoms with Gasteiger partial charge in [-0.1, -0.05) is 23.5 Å². The van der Waals surface area contributed by atoms with Crippen molar-refractivity contribution in [3.63, 3.8) is 0 Å². The Morgan fingerprint density at radius 2 is 1.87 bits per heavy atom. The lowest BCUT2D eigenvalue weighted by molar-refractivity contribution is -0.137. The first-order chi connectivity index (χ1) is 14.7. The van der Waals surface area contributed by atoms with Crippen molar-refractivity contribution in [3.05, 3.63) is 48.8 Å². The number of fused-ring (bicyclic) bond motifs is 1. The molecule has 3 aromatic rings. The third-order valence-corrected chi connectivity index (χ3v) is 6.75. The van der Waals surface area contributed by atoms with Gasteiger partial charge in [0.05, 0.1) is 16.1 Å². The van der Waals surface area contributed by atoms with Crippen LogP contribution in [0.1, 0.15) is 19.3 Å². The number of nitrogens with zero attached hydrogens (tertiary/aromatic N) is 4. The number of likely N-dealkylation sites (tertiary alicyclic amines) is 1. The summed E-state index contributed by atoms with van der Waals surface area (Å²) < 4.78 is 7.03. The summed E-state index contributed by atoms with van der Waals surface area (Å²) in [6.45, 7) is 1.71. The average molecular weight is 423 g/mol. The van der Waals surface area contributed by atoms with Crippen molar-refractivity contribution in [1.82, 2.24) is 14.9 Å². The number of piperidine rings is 1. The van der Waals surface area contributed by atoms with Crippen molar-refractivity contribution >= 4 is 38.5 Å². The van der Waals surface area contributed by atoms with Gasteiger partial charge >= 0.3 is 0 Å². The van der Waals surface area contributed by atoms with Crippen LogP contribution in [-0.2, 0) is 9.59 Å². The van der Waals surface area contributed by atoms with Crippen LogP contribution in [0, 0.1) is 5.92 Å². The first kappa shape index (κ1) is 19.0. The van der Waals surface area contributed by atoms with Gasteiger partial charge in [-0.15, -0.1) is 0 Å². The summed E-state index contributed by atoms with van der Waals surface area (Å²) in [6.07, 6.45) is 5.35. The minimum atomic E-state index is -0.304. The summed E-state index contributed by atoms with van der Waals surface area (Å²) in [4.78, 5) is 37.8. The van der Waals surface area contributed by atoms with Crippen LogP contribution in [0.4, 0.5) is 5.13 Å². The molecule has 8 heteroatoms. The summed E-state index contributed by atoms with van der Waals surface area (Å²) in [6, 6.07) is 11.5. The second-order valence-electron chi connectivity index (χ2n) is 7.69. The van der Waals surface area contributed by atoms with Crippen molar-refractivity contribution in [1.29, 1.82) is 0 Å². The van der Waals surface area contributed by atoms with Crippen LogP contribution in [0.3, 0.4) is 0 Å². The first-order valence-electron chi connectivity index (χ1n) is 10.2. The molecule has 5 rings (SSSR count). The molecule has 2 saturated heterocycles. The molecule has 2 aliphatic heterocycles. The molecule has 4 heterocycles. The predicted octanol–water partition coefficient (Wildman–Crippen LogP) is 3.11. The molecule has 0 saturated carbocycles. The maximum absolute atomic E-state index is 13.0. The number of carbonyl (C=O) groups is 2. The fourth-order valence-corrected chi connectivity index (χ4v) is 5.09. The molecule has 7 nitrogen and oxygen atoms in total. The standard InChI is InChI=1S/C22H22N4O3S/c27-20-13-15(14-26(20)22-24-18-3-1-2-4-19(18)30-22)21(28)25-11-7-17(8-12-25)29-16-5-9-23-10-6-16/h1-6,9-10,15,17H,7-8,11-14H2. The number of ether oxygens (including phenoxy) is 1. The lowest BCUT2D eigenvalue weighted by atomic mass is 10.0. The summed E-state index contributed by atoms with van der Waals surface area (Å²) in [5, 5.41) is 0.681. The number of thiazole rings is 1. The van der Waals surface area contributed by atoms with Crippen molar-refractivity contribution in [2.24, 2.45) is 5.92 Å². The number of anilines is 1. The molecular weight excluding hydrogens is 400 g/mol. The van der Waals surface area contributed by atoms with Gasteiger partial charge in [0.1, 0.15) is 11.9 Å². The van der Waals surface area contributed by atoms with Gasteiger partial charge in [0.15, 0.2) is 5.13 Å². The second kappa shape index (κ2) is 8.02. The molecule has 1 unspecified atom stereocenters. The molecule has 2 aliphatic rings. The highest BCUT2D eigenvalue weighted by atomic mass is 32.1. The molecule has 2 amide bonds. The number of carbonyl (C=O) groups excluding carboxylic acids is 2. The van der Waals surface area contributed by atoms with E-state index in [-0.39, 0.29) is 30.3 Å². The summed E-state index contributed by atoms with van der Waals surface area (Å²) in [5.74, 6) is 0.544.